The fourth-order valence-electron chi connectivity index (χ4n) is 2.89. The summed E-state index contributed by atoms with van der Waals surface area (Å²) in [6, 6.07) is 5.45. The van der Waals surface area contributed by atoms with E-state index in [1.165, 1.54) is 30.1 Å². The second-order valence-corrected chi connectivity index (χ2v) is 7.60. The van der Waals surface area contributed by atoms with Gasteiger partial charge in [0.15, 0.2) is 11.7 Å². The number of hydrogen-bond donors (Lipinski definition) is 1. The minimum absolute atomic E-state index is 0.0375. The fourth-order valence-corrected chi connectivity index (χ4v) is 3.58. The Labute approximate surface area is 182 Å². The maximum atomic E-state index is 14.0. The topological polar surface area (TPSA) is 62.1 Å². The van der Waals surface area contributed by atoms with Crippen LogP contribution in [0.5, 0.6) is 0 Å². The minimum Gasteiger partial charge on any atom is -0.478 e. The van der Waals surface area contributed by atoms with Gasteiger partial charge in [-0.2, -0.15) is 13.2 Å². The normalized spacial score (nSPS) is 18.7. The molecule has 3 rings (SSSR count). The van der Waals surface area contributed by atoms with Crippen molar-refractivity contribution in [2.75, 3.05) is 11.9 Å². The molecular formula is C18H11Cl3F4N2O3. The van der Waals surface area contributed by atoms with Crippen LogP contribution in [0.4, 0.5) is 23.2 Å². The van der Waals surface area contributed by atoms with Gasteiger partial charge in [0.2, 0.25) is 0 Å². The number of carbonyl (C=O) groups is 1. The molecule has 30 heavy (non-hydrogen) atoms. The third-order valence-corrected chi connectivity index (χ3v) is 5.46. The van der Waals surface area contributed by atoms with Crippen molar-refractivity contribution in [2.45, 2.75) is 18.2 Å². The summed E-state index contributed by atoms with van der Waals surface area (Å²) >= 11 is 17.2. The maximum absolute atomic E-state index is 14.0. The number of aromatic carboxylic acids is 1. The summed E-state index contributed by atoms with van der Waals surface area (Å²) in [7, 11) is 1.38. The van der Waals surface area contributed by atoms with Crippen molar-refractivity contribution in [2.24, 2.45) is 5.16 Å². The molecule has 160 valence electrons. The van der Waals surface area contributed by atoms with E-state index in [4.69, 9.17) is 39.6 Å². The predicted molar refractivity (Wildman–Crippen MR) is 104 cm³/mol. The summed E-state index contributed by atoms with van der Waals surface area (Å²) in [4.78, 5) is 17.3. The van der Waals surface area contributed by atoms with E-state index < -0.39 is 45.6 Å². The molecule has 0 spiro atoms. The summed E-state index contributed by atoms with van der Waals surface area (Å²) in [6.07, 6.45) is -5.76. The summed E-state index contributed by atoms with van der Waals surface area (Å²) in [5.41, 5.74) is -3.51. The molecule has 0 saturated carbocycles. The predicted octanol–water partition coefficient (Wildman–Crippen LogP) is 6.11. The third-order valence-electron chi connectivity index (χ3n) is 4.58. The van der Waals surface area contributed by atoms with Crippen LogP contribution in [0.2, 0.25) is 15.1 Å². The van der Waals surface area contributed by atoms with Gasteiger partial charge < -0.3 is 14.8 Å². The average molecular weight is 486 g/mol. The minimum atomic E-state index is -4.96. The van der Waals surface area contributed by atoms with Gasteiger partial charge >= 0.3 is 12.1 Å². The van der Waals surface area contributed by atoms with E-state index in [-0.39, 0.29) is 22.1 Å². The van der Waals surface area contributed by atoms with Crippen molar-refractivity contribution in [3.05, 3.63) is 62.3 Å². The number of rotatable bonds is 3. The molecule has 1 aliphatic rings. The summed E-state index contributed by atoms with van der Waals surface area (Å²) in [5.74, 6) is -2.53. The van der Waals surface area contributed by atoms with Crippen molar-refractivity contribution < 1.29 is 32.3 Å². The molecule has 0 saturated heterocycles. The van der Waals surface area contributed by atoms with Gasteiger partial charge in [0, 0.05) is 18.3 Å². The van der Waals surface area contributed by atoms with Crippen LogP contribution in [-0.2, 0) is 10.4 Å². The highest BCUT2D eigenvalue weighted by Crippen LogP contribution is 2.50. The summed E-state index contributed by atoms with van der Waals surface area (Å²) < 4.78 is 55.8. The highest BCUT2D eigenvalue weighted by Gasteiger charge is 2.63. The second-order valence-electron chi connectivity index (χ2n) is 6.38. The standard InChI is InChI=1S/C18H11Cl3F4N2O3/c1-27(9-2-3-11(19)10(6-9)16(28)29)14-7-17(30-26-14,18(23,24)25)8-4-12(20)15(22)13(21)5-8/h2-6H,7H2,1H3,(H,28,29). The second kappa shape index (κ2) is 7.79. The highest BCUT2D eigenvalue weighted by atomic mass is 35.5. The molecule has 2 aromatic carbocycles. The molecular weight excluding hydrogens is 475 g/mol. The number of anilines is 1. The van der Waals surface area contributed by atoms with Gasteiger partial charge in [-0.15, -0.1) is 0 Å². The van der Waals surface area contributed by atoms with E-state index in [9.17, 15) is 27.5 Å². The van der Waals surface area contributed by atoms with Crippen molar-refractivity contribution in [3.63, 3.8) is 0 Å². The van der Waals surface area contributed by atoms with Crippen LogP contribution >= 0.6 is 34.8 Å². The zero-order valence-electron chi connectivity index (χ0n) is 14.9. The van der Waals surface area contributed by atoms with Gasteiger partial charge in [-0.25, -0.2) is 9.18 Å². The molecule has 0 fully saturated rings. The van der Waals surface area contributed by atoms with Crippen molar-refractivity contribution in [1.82, 2.24) is 0 Å². The Morgan fingerprint density at radius 1 is 1.17 bits per heavy atom. The molecule has 0 radical (unpaired) electrons. The number of nitrogens with zero attached hydrogens (tertiary/aromatic N) is 2. The first kappa shape index (κ1) is 22.5. The molecule has 1 atom stereocenters. The lowest BCUT2D eigenvalue weighted by atomic mass is 9.89. The zero-order chi connectivity index (χ0) is 22.4. The smallest absolute Gasteiger partial charge is 0.435 e. The van der Waals surface area contributed by atoms with Crippen LogP contribution in [0.3, 0.4) is 0 Å². The number of alkyl halides is 3. The first-order valence-electron chi connectivity index (χ1n) is 8.11. The first-order chi connectivity index (χ1) is 13.9. The molecule has 1 N–H and O–H groups in total. The van der Waals surface area contributed by atoms with E-state index in [0.717, 1.165) is 12.1 Å². The number of hydrogen-bond acceptors (Lipinski definition) is 4. The Morgan fingerprint density at radius 3 is 2.30 bits per heavy atom. The number of oxime groups is 1. The number of carboxylic acids is 1. The molecule has 0 bridgehead atoms. The number of benzene rings is 2. The number of amidine groups is 1. The van der Waals surface area contributed by atoms with Crippen LogP contribution < -0.4 is 4.90 Å². The van der Waals surface area contributed by atoms with Gasteiger partial charge in [-0.3, -0.25) is 0 Å². The summed E-state index contributed by atoms with van der Waals surface area (Å²) in [6.45, 7) is 0. The van der Waals surface area contributed by atoms with Gasteiger partial charge in [-0.05, 0) is 30.3 Å². The van der Waals surface area contributed by atoms with Crippen LogP contribution in [0.25, 0.3) is 0 Å². The number of carboxylic acid groups (broad SMARTS) is 1. The molecule has 1 heterocycles. The lowest BCUT2D eigenvalue weighted by Gasteiger charge is -2.30. The van der Waals surface area contributed by atoms with Gasteiger partial charge in [0.1, 0.15) is 0 Å². The Morgan fingerprint density at radius 2 is 1.77 bits per heavy atom. The average Bonchev–Trinajstić information content (AvgIpc) is 3.12. The zero-order valence-corrected chi connectivity index (χ0v) is 17.2. The number of halogens is 7. The van der Waals surface area contributed by atoms with Crippen molar-refractivity contribution in [1.29, 1.82) is 0 Å². The highest BCUT2D eigenvalue weighted by molar-refractivity contribution is 6.35. The Hall–Kier alpha value is -2.23. The van der Waals surface area contributed by atoms with E-state index in [1.807, 2.05) is 0 Å². The van der Waals surface area contributed by atoms with Crippen LogP contribution in [-0.4, -0.2) is 30.1 Å². The SMILES string of the molecule is CN(C1=NOC(c2cc(Cl)c(F)c(Cl)c2)(C(F)(F)F)C1)c1ccc(Cl)c(C(=O)O)c1. The third kappa shape index (κ3) is 3.77. The molecule has 12 heteroatoms. The quantitative estimate of drug-likeness (QED) is 0.421. The van der Waals surface area contributed by atoms with E-state index in [2.05, 4.69) is 5.16 Å². The summed E-state index contributed by atoms with van der Waals surface area (Å²) in [5, 5.41) is 11.5. The lowest BCUT2D eigenvalue weighted by molar-refractivity contribution is -0.275. The molecule has 1 unspecified atom stereocenters. The fraction of sp³-hybridized carbons (Fsp3) is 0.222. The molecule has 1 aliphatic heterocycles. The van der Waals surface area contributed by atoms with E-state index >= 15 is 0 Å². The molecule has 0 aromatic heterocycles. The van der Waals surface area contributed by atoms with Crippen molar-refractivity contribution in [3.8, 4) is 0 Å². The van der Waals surface area contributed by atoms with Crippen LogP contribution in [0, 0.1) is 5.82 Å². The largest absolute Gasteiger partial charge is 0.478 e. The Balaban J connectivity index is 2.00. The van der Waals surface area contributed by atoms with Gasteiger partial charge in [0.25, 0.3) is 5.60 Å². The van der Waals surface area contributed by atoms with E-state index in [1.54, 1.807) is 0 Å². The van der Waals surface area contributed by atoms with Crippen molar-refractivity contribution >= 4 is 52.3 Å². The monoisotopic (exact) mass is 484 g/mol. The maximum Gasteiger partial charge on any atom is 0.435 e. The van der Waals surface area contributed by atoms with Gasteiger partial charge in [0.05, 0.1) is 27.1 Å². The first-order valence-corrected chi connectivity index (χ1v) is 9.24. The molecule has 0 amide bonds. The molecule has 2 aromatic rings. The lowest BCUT2D eigenvalue weighted by Crippen LogP contribution is -2.44. The molecule has 5 nitrogen and oxygen atoms in total. The van der Waals surface area contributed by atoms with Gasteiger partial charge in [-0.1, -0.05) is 40.0 Å². The Bertz CT molecular complexity index is 1040. The molecule has 0 aliphatic carbocycles. The van der Waals surface area contributed by atoms with Crippen LogP contribution in [0.15, 0.2) is 35.5 Å². The van der Waals surface area contributed by atoms with Crippen LogP contribution in [0.1, 0.15) is 22.3 Å². The Kier molecular flexibility index (Phi) is 5.83. The van der Waals surface area contributed by atoms with E-state index in [0.29, 0.717) is 0 Å².